The molecule has 2 N–H and O–H groups in total. The van der Waals surface area contributed by atoms with E-state index in [1.807, 2.05) is 31.2 Å². The molecule has 0 radical (unpaired) electrons. The number of phenols is 1. The first kappa shape index (κ1) is 27.1. The number of amides is 1. The molecular weight excluding hydrogens is 578 g/mol. The van der Waals surface area contributed by atoms with Gasteiger partial charge in [-0.1, -0.05) is 24.3 Å². The third-order valence-electron chi connectivity index (χ3n) is 6.82. The van der Waals surface area contributed by atoms with Gasteiger partial charge in [0.05, 0.1) is 36.0 Å². The van der Waals surface area contributed by atoms with E-state index in [9.17, 15) is 19.8 Å². The number of carbonyl (C=O) groups is 2. The second-order valence-corrected chi connectivity index (χ2v) is 10.2. The number of likely N-dealkylation sites (tertiary alicyclic amines) is 1. The van der Waals surface area contributed by atoms with Crippen LogP contribution in [0.4, 0.5) is 0 Å². The molecule has 9 heteroatoms. The molecule has 0 saturated carbocycles. The lowest BCUT2D eigenvalue weighted by Gasteiger charge is -2.25. The number of aliphatic hydroxyl groups is 1. The fraction of sp³-hybridized carbons (Fsp3) is 0.161. The lowest BCUT2D eigenvalue weighted by atomic mass is 9.95. The zero-order valence-electron chi connectivity index (χ0n) is 21.8. The van der Waals surface area contributed by atoms with Crippen LogP contribution in [0.2, 0.25) is 0 Å². The Kier molecular flexibility index (Phi) is 7.66. The number of benzene rings is 3. The zero-order chi connectivity index (χ0) is 28.4. The summed E-state index contributed by atoms with van der Waals surface area (Å²) in [6, 6.07) is 20.1. The third kappa shape index (κ3) is 5.20. The van der Waals surface area contributed by atoms with Crippen LogP contribution in [0.3, 0.4) is 0 Å². The molecule has 0 bridgehead atoms. The number of aliphatic hydroxyl groups excluding tert-OH is 1. The maximum absolute atomic E-state index is 13.4. The molecule has 1 aliphatic heterocycles. The van der Waals surface area contributed by atoms with E-state index >= 15 is 0 Å². The smallest absolute Gasteiger partial charge is 0.296 e. The summed E-state index contributed by atoms with van der Waals surface area (Å²) >= 11 is 3.31. The van der Waals surface area contributed by atoms with Crippen molar-refractivity contribution >= 4 is 33.4 Å². The van der Waals surface area contributed by atoms with E-state index in [1.54, 1.807) is 42.5 Å². The number of methoxy groups -OCH3 is 1. The van der Waals surface area contributed by atoms with E-state index in [0.29, 0.717) is 33.7 Å². The average molecular weight is 604 g/mol. The van der Waals surface area contributed by atoms with E-state index in [0.717, 1.165) is 11.1 Å². The summed E-state index contributed by atoms with van der Waals surface area (Å²) in [5, 5.41) is 21.7. The molecule has 5 rings (SSSR count). The Balaban J connectivity index is 1.52. The molecule has 1 fully saturated rings. The first-order chi connectivity index (χ1) is 19.3. The summed E-state index contributed by atoms with van der Waals surface area (Å²) in [6.45, 7) is 2.39. The van der Waals surface area contributed by atoms with Crippen molar-refractivity contribution in [1.29, 1.82) is 0 Å². The van der Waals surface area contributed by atoms with Gasteiger partial charge in [0.2, 0.25) is 0 Å². The predicted octanol–water partition coefficient (Wildman–Crippen LogP) is 6.27. The van der Waals surface area contributed by atoms with Gasteiger partial charge in [-0.05, 0) is 88.1 Å². The maximum Gasteiger partial charge on any atom is 0.296 e. The Labute approximate surface area is 239 Å². The van der Waals surface area contributed by atoms with Crippen LogP contribution in [-0.4, -0.2) is 33.9 Å². The number of aryl methyl sites for hydroxylation is 1. The minimum Gasteiger partial charge on any atom is -0.507 e. The fourth-order valence-electron chi connectivity index (χ4n) is 4.66. The van der Waals surface area contributed by atoms with Crippen LogP contribution in [0, 0.1) is 6.92 Å². The summed E-state index contributed by atoms with van der Waals surface area (Å²) in [5.41, 5.74) is 2.88. The molecule has 4 aromatic rings. The van der Waals surface area contributed by atoms with Crippen LogP contribution < -0.4 is 9.47 Å². The first-order valence-electron chi connectivity index (χ1n) is 12.4. The second-order valence-electron chi connectivity index (χ2n) is 9.30. The highest BCUT2D eigenvalue weighted by molar-refractivity contribution is 9.10. The maximum atomic E-state index is 13.4. The monoisotopic (exact) mass is 603 g/mol. The number of ether oxygens (including phenoxy) is 2. The lowest BCUT2D eigenvalue weighted by Crippen LogP contribution is -2.29. The predicted molar refractivity (Wildman–Crippen MR) is 151 cm³/mol. The molecule has 1 atom stereocenters. The van der Waals surface area contributed by atoms with Crippen molar-refractivity contribution in [1.82, 2.24) is 4.90 Å². The quantitative estimate of drug-likeness (QED) is 0.139. The Bertz CT molecular complexity index is 1590. The molecule has 1 saturated heterocycles. The highest BCUT2D eigenvalue weighted by atomic mass is 79.9. The third-order valence-corrected chi connectivity index (χ3v) is 7.42. The highest BCUT2D eigenvalue weighted by Crippen LogP contribution is 2.45. The number of hydrogen-bond donors (Lipinski definition) is 2. The van der Waals surface area contributed by atoms with Gasteiger partial charge in [0.1, 0.15) is 23.9 Å². The minimum atomic E-state index is -0.979. The average Bonchev–Trinajstić information content (AvgIpc) is 3.56. The normalized spacial score (nSPS) is 16.4. The van der Waals surface area contributed by atoms with Gasteiger partial charge < -0.3 is 29.0 Å². The fourth-order valence-corrected chi connectivity index (χ4v) is 5.12. The van der Waals surface area contributed by atoms with Crippen LogP contribution >= 0.6 is 15.9 Å². The Morgan fingerprint density at radius 1 is 1.05 bits per heavy atom. The number of furan rings is 1. The van der Waals surface area contributed by atoms with Crippen molar-refractivity contribution in [2.24, 2.45) is 0 Å². The first-order valence-corrected chi connectivity index (χ1v) is 13.2. The van der Waals surface area contributed by atoms with Gasteiger partial charge in [0, 0.05) is 5.56 Å². The number of Topliss-reactive ketones (excluding diaryl/α,β-unsaturated/α-hetero) is 1. The minimum absolute atomic E-state index is 0.00842. The number of phenolic OH excluding ortho intramolecular Hbond substituents is 1. The molecule has 1 aliphatic rings. The van der Waals surface area contributed by atoms with Gasteiger partial charge in [0.15, 0.2) is 11.5 Å². The van der Waals surface area contributed by atoms with Gasteiger partial charge in [0.25, 0.3) is 11.7 Å². The van der Waals surface area contributed by atoms with E-state index in [1.165, 1.54) is 24.3 Å². The molecule has 8 nitrogen and oxygen atoms in total. The Morgan fingerprint density at radius 2 is 1.80 bits per heavy atom. The van der Waals surface area contributed by atoms with Crippen LogP contribution in [0.1, 0.15) is 34.1 Å². The number of carbonyl (C=O) groups excluding carboxylic acids is 2. The molecule has 1 unspecified atom stereocenters. The molecule has 0 spiro atoms. The second kappa shape index (κ2) is 11.3. The van der Waals surface area contributed by atoms with Gasteiger partial charge in [-0.15, -0.1) is 0 Å². The number of ketones is 1. The summed E-state index contributed by atoms with van der Waals surface area (Å²) in [5.74, 6) is -0.896. The van der Waals surface area contributed by atoms with Gasteiger partial charge in [-0.2, -0.15) is 0 Å². The van der Waals surface area contributed by atoms with Crippen molar-refractivity contribution in [3.8, 4) is 17.2 Å². The number of aromatic hydroxyl groups is 1. The Morgan fingerprint density at radius 3 is 2.48 bits per heavy atom. The highest BCUT2D eigenvalue weighted by Gasteiger charge is 2.46. The number of nitrogens with zero attached hydrogens (tertiary/aromatic N) is 1. The van der Waals surface area contributed by atoms with Crippen molar-refractivity contribution in [2.75, 3.05) is 7.11 Å². The van der Waals surface area contributed by atoms with Crippen molar-refractivity contribution in [3.63, 3.8) is 0 Å². The zero-order valence-corrected chi connectivity index (χ0v) is 23.3. The molecular formula is C31H26BrNO7. The van der Waals surface area contributed by atoms with Crippen LogP contribution in [0.25, 0.3) is 5.76 Å². The van der Waals surface area contributed by atoms with Crippen molar-refractivity contribution < 1.29 is 33.7 Å². The van der Waals surface area contributed by atoms with E-state index in [4.69, 9.17) is 13.9 Å². The lowest BCUT2D eigenvalue weighted by molar-refractivity contribution is -0.140. The standard InChI is InChI=1S/C31H26BrNO7/c1-18-6-3-4-7-20(18)17-40-22-11-9-19(10-12-22)28(34)26-27(21-14-24(32)29(35)25(15-21)38-2)33(31(37)30(26)36)16-23-8-5-13-39-23/h3-15,27,34-35H,16-17H2,1-2H3. The van der Waals surface area contributed by atoms with Crippen LogP contribution in [-0.2, 0) is 22.7 Å². The van der Waals surface area contributed by atoms with E-state index in [-0.39, 0.29) is 29.4 Å². The number of hydrogen-bond acceptors (Lipinski definition) is 7. The summed E-state index contributed by atoms with van der Waals surface area (Å²) in [7, 11) is 1.40. The molecule has 0 aliphatic carbocycles. The van der Waals surface area contributed by atoms with Gasteiger partial charge >= 0.3 is 0 Å². The van der Waals surface area contributed by atoms with E-state index in [2.05, 4.69) is 15.9 Å². The largest absolute Gasteiger partial charge is 0.507 e. The van der Waals surface area contributed by atoms with Crippen molar-refractivity contribution in [2.45, 2.75) is 26.1 Å². The molecule has 204 valence electrons. The Hall–Kier alpha value is -4.50. The van der Waals surface area contributed by atoms with Gasteiger partial charge in [-0.3, -0.25) is 9.59 Å². The SMILES string of the molecule is COc1cc(C2C(=C(O)c3ccc(OCc4ccccc4C)cc3)C(=O)C(=O)N2Cc2ccco2)cc(Br)c1O. The van der Waals surface area contributed by atoms with Crippen LogP contribution in [0.15, 0.2) is 93.5 Å². The molecule has 40 heavy (non-hydrogen) atoms. The molecule has 2 heterocycles. The van der Waals surface area contributed by atoms with Gasteiger partial charge in [-0.25, -0.2) is 0 Å². The topological polar surface area (TPSA) is 109 Å². The number of halogens is 1. The van der Waals surface area contributed by atoms with Crippen LogP contribution in [0.5, 0.6) is 17.2 Å². The number of rotatable bonds is 8. The summed E-state index contributed by atoms with van der Waals surface area (Å²) in [4.78, 5) is 27.9. The molecule has 1 amide bonds. The summed E-state index contributed by atoms with van der Waals surface area (Å²) in [6.07, 6.45) is 1.48. The van der Waals surface area contributed by atoms with Crippen molar-refractivity contribution in [3.05, 3.63) is 117 Å². The van der Waals surface area contributed by atoms with E-state index < -0.39 is 17.7 Å². The molecule has 1 aromatic heterocycles. The summed E-state index contributed by atoms with van der Waals surface area (Å²) < 4.78 is 16.9. The molecule has 3 aromatic carbocycles.